The van der Waals surface area contributed by atoms with Gasteiger partial charge in [0.1, 0.15) is 0 Å². The molecular weight excluding hydrogens is 286 g/mol. The van der Waals surface area contributed by atoms with E-state index in [2.05, 4.69) is 30.3 Å². The van der Waals surface area contributed by atoms with Crippen LogP contribution in [0.4, 0.5) is 0 Å². The van der Waals surface area contributed by atoms with E-state index in [0.29, 0.717) is 6.54 Å². The molecule has 2 rings (SSSR count). The lowest BCUT2D eigenvalue weighted by Gasteiger charge is -2.17. The Labute approximate surface area is 132 Å². The van der Waals surface area contributed by atoms with E-state index >= 15 is 0 Å². The molecule has 0 aliphatic rings. The second kappa shape index (κ2) is 8.55. The van der Waals surface area contributed by atoms with Crippen molar-refractivity contribution in [1.82, 2.24) is 0 Å². The van der Waals surface area contributed by atoms with Gasteiger partial charge in [-0.15, -0.1) is 0 Å². The van der Waals surface area contributed by atoms with E-state index in [0.717, 1.165) is 17.9 Å². The van der Waals surface area contributed by atoms with Crippen LogP contribution in [0, 0.1) is 0 Å². The van der Waals surface area contributed by atoms with Crippen LogP contribution in [-0.4, -0.2) is 20.8 Å². The van der Waals surface area contributed by atoms with Gasteiger partial charge in [-0.1, -0.05) is 36.4 Å². The summed E-state index contributed by atoms with van der Waals surface area (Å²) in [6.45, 7) is 0.602. The first kappa shape index (κ1) is 17.3. The van der Waals surface area contributed by atoms with E-state index in [4.69, 9.17) is 15.2 Å². The van der Waals surface area contributed by atoms with Gasteiger partial charge in [0.25, 0.3) is 0 Å². The fraction of sp³-hybridized carbons (Fsp3) is 0.294. The van der Waals surface area contributed by atoms with Crippen molar-refractivity contribution in [1.29, 1.82) is 0 Å². The molecule has 0 amide bonds. The molecule has 2 aromatic carbocycles. The van der Waals surface area contributed by atoms with Crippen LogP contribution in [0.25, 0.3) is 0 Å². The van der Waals surface area contributed by atoms with Crippen LogP contribution in [0.1, 0.15) is 17.0 Å². The minimum absolute atomic E-state index is 0. The largest absolute Gasteiger partial charge is 1.00 e. The SMILES string of the molecule is COc1ccc(C(CN)Cc2ccccc2)cc1OC.[Cl-]. The molecule has 0 aromatic heterocycles. The van der Waals surface area contributed by atoms with Gasteiger partial charge in [-0.2, -0.15) is 0 Å². The van der Waals surface area contributed by atoms with Gasteiger partial charge in [0.05, 0.1) is 14.2 Å². The molecule has 0 aliphatic heterocycles. The maximum atomic E-state index is 5.94. The fourth-order valence-corrected chi connectivity index (χ4v) is 2.34. The molecule has 3 nitrogen and oxygen atoms in total. The lowest BCUT2D eigenvalue weighted by atomic mass is 9.92. The summed E-state index contributed by atoms with van der Waals surface area (Å²) < 4.78 is 10.6. The first-order valence-electron chi connectivity index (χ1n) is 6.74. The molecule has 0 heterocycles. The average Bonchev–Trinajstić information content (AvgIpc) is 2.53. The molecule has 0 aliphatic carbocycles. The number of ether oxygens (including phenoxy) is 2. The first-order chi connectivity index (χ1) is 9.78. The first-order valence-corrected chi connectivity index (χ1v) is 6.74. The maximum Gasteiger partial charge on any atom is 0.160 e. The summed E-state index contributed by atoms with van der Waals surface area (Å²) in [6, 6.07) is 16.4. The number of hydrogen-bond donors (Lipinski definition) is 1. The Morgan fingerprint density at radius 2 is 1.62 bits per heavy atom. The van der Waals surface area contributed by atoms with Crippen LogP contribution in [0.15, 0.2) is 48.5 Å². The van der Waals surface area contributed by atoms with Crippen LogP contribution in [0.5, 0.6) is 11.5 Å². The van der Waals surface area contributed by atoms with Crippen molar-refractivity contribution in [3.05, 3.63) is 59.7 Å². The lowest BCUT2D eigenvalue weighted by molar-refractivity contribution is -0.00000469. The van der Waals surface area contributed by atoms with Crippen molar-refractivity contribution >= 4 is 0 Å². The van der Waals surface area contributed by atoms with E-state index in [9.17, 15) is 0 Å². The number of halogens is 1. The summed E-state index contributed by atoms with van der Waals surface area (Å²) in [5, 5.41) is 0. The molecule has 1 atom stereocenters. The molecular formula is C17H21ClNO2-. The average molecular weight is 307 g/mol. The molecule has 0 fully saturated rings. The zero-order valence-corrected chi connectivity index (χ0v) is 13.1. The molecule has 2 N–H and O–H groups in total. The predicted molar refractivity (Wildman–Crippen MR) is 81.5 cm³/mol. The van der Waals surface area contributed by atoms with Crippen molar-refractivity contribution in [3.8, 4) is 11.5 Å². The molecule has 0 saturated heterocycles. The van der Waals surface area contributed by atoms with Crippen LogP contribution in [0.2, 0.25) is 0 Å². The van der Waals surface area contributed by atoms with Gasteiger partial charge in [0.2, 0.25) is 0 Å². The van der Waals surface area contributed by atoms with Crippen molar-refractivity contribution < 1.29 is 21.9 Å². The van der Waals surface area contributed by atoms with E-state index in [1.165, 1.54) is 11.1 Å². The molecule has 0 bridgehead atoms. The molecule has 0 spiro atoms. The van der Waals surface area contributed by atoms with Gasteiger partial charge in [0.15, 0.2) is 11.5 Å². The predicted octanol–water partition coefficient (Wildman–Crippen LogP) is -0.00720. The molecule has 114 valence electrons. The highest BCUT2D eigenvalue weighted by molar-refractivity contribution is 5.44. The van der Waals surface area contributed by atoms with Gasteiger partial charge in [-0.3, -0.25) is 0 Å². The number of benzene rings is 2. The molecule has 0 radical (unpaired) electrons. The number of nitrogens with two attached hydrogens (primary N) is 1. The van der Waals surface area contributed by atoms with E-state index in [1.54, 1.807) is 14.2 Å². The fourth-order valence-electron chi connectivity index (χ4n) is 2.34. The van der Waals surface area contributed by atoms with Crippen molar-refractivity contribution in [2.75, 3.05) is 20.8 Å². The summed E-state index contributed by atoms with van der Waals surface area (Å²) in [6.07, 6.45) is 0.923. The Morgan fingerprint density at radius 3 is 2.19 bits per heavy atom. The highest BCUT2D eigenvalue weighted by Crippen LogP contribution is 2.31. The highest BCUT2D eigenvalue weighted by atomic mass is 35.5. The van der Waals surface area contributed by atoms with E-state index in [-0.39, 0.29) is 18.3 Å². The summed E-state index contributed by atoms with van der Waals surface area (Å²) in [5.74, 6) is 1.76. The van der Waals surface area contributed by atoms with Gasteiger partial charge >= 0.3 is 0 Å². The third kappa shape index (κ3) is 4.38. The summed E-state index contributed by atoms with van der Waals surface area (Å²) in [4.78, 5) is 0. The zero-order chi connectivity index (χ0) is 14.4. The number of rotatable bonds is 6. The topological polar surface area (TPSA) is 44.5 Å². The molecule has 2 aromatic rings. The monoisotopic (exact) mass is 306 g/mol. The maximum absolute atomic E-state index is 5.94. The Morgan fingerprint density at radius 1 is 0.952 bits per heavy atom. The molecule has 4 heteroatoms. The zero-order valence-electron chi connectivity index (χ0n) is 12.4. The van der Waals surface area contributed by atoms with Crippen LogP contribution < -0.4 is 27.6 Å². The van der Waals surface area contributed by atoms with Gasteiger partial charge < -0.3 is 27.6 Å². The third-order valence-electron chi connectivity index (χ3n) is 3.49. The Balaban J connectivity index is 0.00000220. The molecule has 1 unspecified atom stereocenters. The number of methoxy groups -OCH3 is 2. The Bertz CT molecular complexity index is 546. The molecule has 21 heavy (non-hydrogen) atoms. The summed E-state index contributed by atoms with van der Waals surface area (Å²) in [5.41, 5.74) is 8.41. The smallest absolute Gasteiger partial charge is 0.160 e. The quantitative estimate of drug-likeness (QED) is 0.817. The van der Waals surface area contributed by atoms with Gasteiger partial charge in [-0.25, -0.2) is 0 Å². The summed E-state index contributed by atoms with van der Waals surface area (Å²) in [7, 11) is 3.29. The second-order valence-electron chi connectivity index (χ2n) is 4.74. The molecule has 0 saturated carbocycles. The number of hydrogen-bond acceptors (Lipinski definition) is 3. The van der Waals surface area contributed by atoms with Crippen molar-refractivity contribution in [3.63, 3.8) is 0 Å². The van der Waals surface area contributed by atoms with Crippen molar-refractivity contribution in [2.45, 2.75) is 12.3 Å². The minimum atomic E-state index is 0. The van der Waals surface area contributed by atoms with Crippen LogP contribution in [0.3, 0.4) is 0 Å². The normalized spacial score (nSPS) is 11.4. The Hall–Kier alpha value is -1.71. The highest BCUT2D eigenvalue weighted by Gasteiger charge is 2.13. The minimum Gasteiger partial charge on any atom is -1.00 e. The standard InChI is InChI=1S/C17H21NO2.ClH/c1-19-16-9-8-14(11-17(16)20-2)15(12-18)10-13-6-4-3-5-7-13;/h3-9,11,15H,10,12,18H2,1-2H3;1H/p-1. The van der Waals surface area contributed by atoms with E-state index in [1.807, 2.05) is 18.2 Å². The Kier molecular flexibility index (Phi) is 7.06. The van der Waals surface area contributed by atoms with Crippen LogP contribution >= 0.6 is 0 Å². The van der Waals surface area contributed by atoms with Crippen LogP contribution in [-0.2, 0) is 6.42 Å². The van der Waals surface area contributed by atoms with Crippen molar-refractivity contribution in [2.24, 2.45) is 5.73 Å². The van der Waals surface area contributed by atoms with Gasteiger partial charge in [-0.05, 0) is 36.2 Å². The lowest BCUT2D eigenvalue weighted by Crippen LogP contribution is -3.00. The third-order valence-corrected chi connectivity index (χ3v) is 3.49. The summed E-state index contributed by atoms with van der Waals surface area (Å²) >= 11 is 0. The van der Waals surface area contributed by atoms with Gasteiger partial charge in [0, 0.05) is 5.92 Å². The van der Waals surface area contributed by atoms with E-state index < -0.39 is 0 Å². The second-order valence-corrected chi connectivity index (χ2v) is 4.74.